The fourth-order valence-corrected chi connectivity index (χ4v) is 2.53. The minimum atomic E-state index is -0.289. The molecule has 1 heterocycles. The number of fused-ring (bicyclic) bond motifs is 1. The summed E-state index contributed by atoms with van der Waals surface area (Å²) in [5.74, 6) is 0.575. The molecule has 1 aromatic carbocycles. The third-order valence-electron chi connectivity index (χ3n) is 3.50. The summed E-state index contributed by atoms with van der Waals surface area (Å²) >= 11 is 0. The number of para-hydroxylation sites is 1. The van der Waals surface area contributed by atoms with Crippen molar-refractivity contribution >= 4 is 16.9 Å². The highest BCUT2D eigenvalue weighted by molar-refractivity contribution is 6.04. The van der Waals surface area contributed by atoms with E-state index in [1.807, 2.05) is 0 Å². The van der Waals surface area contributed by atoms with Gasteiger partial charge in [0.2, 0.25) is 0 Å². The molecule has 18 heavy (non-hydrogen) atoms. The van der Waals surface area contributed by atoms with Crippen molar-refractivity contribution in [3.05, 3.63) is 34.2 Å². The minimum absolute atomic E-state index is 0.118. The molecule has 3 N–H and O–H groups in total. The summed E-state index contributed by atoms with van der Waals surface area (Å²) in [5, 5.41) is 2.99. The number of H-pyrrole nitrogens is 2. The van der Waals surface area contributed by atoms with Crippen molar-refractivity contribution in [2.45, 2.75) is 25.8 Å². The number of aromatic nitrogens is 2. The second kappa shape index (κ2) is 4.01. The maximum atomic E-state index is 12.1. The Labute approximate surface area is 104 Å². The van der Waals surface area contributed by atoms with Gasteiger partial charge in [0, 0.05) is 6.04 Å². The van der Waals surface area contributed by atoms with Crippen LogP contribution in [-0.2, 0) is 0 Å². The lowest BCUT2D eigenvalue weighted by Gasteiger charge is -2.33. The summed E-state index contributed by atoms with van der Waals surface area (Å²) in [6, 6.07) is 5.54. The molecule has 0 bridgehead atoms. The van der Waals surface area contributed by atoms with Gasteiger partial charge in [-0.1, -0.05) is 13.0 Å². The standard InChI is InChI=1S/C13H15N3O2/c1-7-5-8(6-7)14-12(17)9-3-2-4-10-11(9)16-13(18)15-10/h2-4,7-8H,5-6H2,1H3,(H,14,17)(H2,15,16,18). The number of carbonyl (C=O) groups excluding carboxylic acids is 1. The number of rotatable bonds is 2. The van der Waals surface area contributed by atoms with Gasteiger partial charge in [-0.15, -0.1) is 0 Å². The van der Waals surface area contributed by atoms with Crippen molar-refractivity contribution < 1.29 is 4.79 Å². The van der Waals surface area contributed by atoms with E-state index >= 15 is 0 Å². The van der Waals surface area contributed by atoms with E-state index < -0.39 is 0 Å². The molecule has 0 saturated heterocycles. The molecule has 2 aromatic rings. The van der Waals surface area contributed by atoms with E-state index in [0.29, 0.717) is 22.5 Å². The first-order valence-corrected chi connectivity index (χ1v) is 6.15. The molecule has 0 radical (unpaired) electrons. The Hall–Kier alpha value is -2.04. The zero-order valence-corrected chi connectivity index (χ0v) is 10.1. The zero-order chi connectivity index (χ0) is 12.7. The van der Waals surface area contributed by atoms with Crippen molar-refractivity contribution in [1.82, 2.24) is 15.3 Å². The van der Waals surface area contributed by atoms with E-state index in [1.54, 1.807) is 18.2 Å². The summed E-state index contributed by atoms with van der Waals surface area (Å²) in [5.41, 5.74) is 1.47. The van der Waals surface area contributed by atoms with E-state index in [4.69, 9.17) is 0 Å². The maximum Gasteiger partial charge on any atom is 0.323 e. The molecule has 0 atom stereocenters. The number of aromatic amines is 2. The summed E-state index contributed by atoms with van der Waals surface area (Å²) in [6.45, 7) is 2.17. The molecule has 1 aromatic heterocycles. The minimum Gasteiger partial charge on any atom is -0.349 e. The second-order valence-electron chi connectivity index (χ2n) is 5.05. The molecule has 0 aliphatic heterocycles. The third kappa shape index (κ3) is 1.81. The first-order valence-electron chi connectivity index (χ1n) is 6.15. The van der Waals surface area contributed by atoms with Crippen LogP contribution in [0.3, 0.4) is 0 Å². The monoisotopic (exact) mass is 245 g/mol. The van der Waals surface area contributed by atoms with Crippen molar-refractivity contribution in [2.75, 3.05) is 0 Å². The van der Waals surface area contributed by atoms with Gasteiger partial charge in [-0.2, -0.15) is 0 Å². The quantitative estimate of drug-likeness (QED) is 0.747. The molecule has 3 rings (SSSR count). The Bertz CT molecular complexity index is 650. The molecule has 1 fully saturated rings. The number of nitrogens with one attached hydrogen (secondary N) is 3. The molecule has 0 unspecified atom stereocenters. The van der Waals surface area contributed by atoms with Crippen molar-refractivity contribution in [3.63, 3.8) is 0 Å². The Morgan fingerprint density at radius 1 is 1.33 bits per heavy atom. The van der Waals surface area contributed by atoms with Gasteiger partial charge in [-0.05, 0) is 30.9 Å². The van der Waals surface area contributed by atoms with Crippen molar-refractivity contribution in [1.29, 1.82) is 0 Å². The summed E-state index contributed by atoms with van der Waals surface area (Å²) in [7, 11) is 0. The van der Waals surface area contributed by atoms with Crippen LogP contribution < -0.4 is 11.0 Å². The van der Waals surface area contributed by atoms with Gasteiger partial charge < -0.3 is 15.3 Å². The van der Waals surface area contributed by atoms with E-state index in [0.717, 1.165) is 12.8 Å². The molecule has 1 amide bonds. The normalized spacial score (nSPS) is 22.7. The Morgan fingerprint density at radius 2 is 2.11 bits per heavy atom. The lowest BCUT2D eigenvalue weighted by molar-refractivity contribution is 0.0897. The largest absolute Gasteiger partial charge is 0.349 e. The van der Waals surface area contributed by atoms with Gasteiger partial charge in [0.15, 0.2) is 0 Å². The lowest BCUT2D eigenvalue weighted by Crippen LogP contribution is -2.43. The molecule has 1 aliphatic carbocycles. The topological polar surface area (TPSA) is 77.8 Å². The molecule has 1 aliphatic rings. The van der Waals surface area contributed by atoms with Crippen LogP contribution in [0.1, 0.15) is 30.1 Å². The highest BCUT2D eigenvalue weighted by atomic mass is 16.2. The van der Waals surface area contributed by atoms with Crippen LogP contribution in [0, 0.1) is 5.92 Å². The Morgan fingerprint density at radius 3 is 2.83 bits per heavy atom. The first-order chi connectivity index (χ1) is 8.63. The molecule has 5 heteroatoms. The highest BCUT2D eigenvalue weighted by Gasteiger charge is 2.27. The number of amides is 1. The molecular formula is C13H15N3O2. The van der Waals surface area contributed by atoms with Crippen LogP contribution >= 0.6 is 0 Å². The maximum absolute atomic E-state index is 12.1. The molecule has 1 saturated carbocycles. The first kappa shape index (κ1) is 11.1. The van der Waals surface area contributed by atoms with Crippen LogP contribution in [0.25, 0.3) is 11.0 Å². The molecule has 94 valence electrons. The number of imidazole rings is 1. The smallest absolute Gasteiger partial charge is 0.323 e. The van der Waals surface area contributed by atoms with Gasteiger partial charge >= 0.3 is 5.69 Å². The van der Waals surface area contributed by atoms with Crippen molar-refractivity contribution in [3.8, 4) is 0 Å². The molecular weight excluding hydrogens is 230 g/mol. The van der Waals surface area contributed by atoms with E-state index in [2.05, 4.69) is 22.2 Å². The molecule has 0 spiro atoms. The van der Waals surface area contributed by atoms with Gasteiger partial charge in [0.05, 0.1) is 16.6 Å². The van der Waals surface area contributed by atoms with E-state index in [-0.39, 0.29) is 17.6 Å². The summed E-state index contributed by atoms with van der Waals surface area (Å²) < 4.78 is 0. The van der Waals surface area contributed by atoms with Gasteiger partial charge in [-0.3, -0.25) is 4.79 Å². The van der Waals surface area contributed by atoms with E-state index in [1.165, 1.54) is 0 Å². The lowest BCUT2D eigenvalue weighted by atomic mass is 9.82. The summed E-state index contributed by atoms with van der Waals surface area (Å²) in [6.07, 6.45) is 2.07. The van der Waals surface area contributed by atoms with Gasteiger partial charge in [0.25, 0.3) is 5.91 Å². The average molecular weight is 245 g/mol. The van der Waals surface area contributed by atoms with Gasteiger partial charge in [-0.25, -0.2) is 4.79 Å². The van der Waals surface area contributed by atoms with Gasteiger partial charge in [0.1, 0.15) is 0 Å². The van der Waals surface area contributed by atoms with Crippen LogP contribution in [-0.4, -0.2) is 21.9 Å². The Balaban J connectivity index is 1.89. The zero-order valence-electron chi connectivity index (χ0n) is 10.1. The van der Waals surface area contributed by atoms with Crippen LogP contribution in [0.5, 0.6) is 0 Å². The predicted octanol–water partition coefficient (Wildman–Crippen LogP) is 1.38. The summed E-state index contributed by atoms with van der Waals surface area (Å²) in [4.78, 5) is 28.7. The fourth-order valence-electron chi connectivity index (χ4n) is 2.53. The van der Waals surface area contributed by atoms with Crippen LogP contribution in [0.15, 0.2) is 23.0 Å². The Kier molecular flexibility index (Phi) is 2.47. The molecule has 5 nitrogen and oxygen atoms in total. The van der Waals surface area contributed by atoms with Crippen molar-refractivity contribution in [2.24, 2.45) is 5.92 Å². The number of hydrogen-bond donors (Lipinski definition) is 3. The van der Waals surface area contributed by atoms with Crippen LogP contribution in [0.2, 0.25) is 0 Å². The number of benzene rings is 1. The number of carbonyl (C=O) groups is 1. The fraction of sp³-hybridized carbons (Fsp3) is 0.385. The van der Waals surface area contributed by atoms with E-state index in [9.17, 15) is 9.59 Å². The SMILES string of the molecule is CC1CC(NC(=O)c2cccc3[nH]c(=O)[nH]c23)C1. The van der Waals surface area contributed by atoms with Crippen LogP contribution in [0.4, 0.5) is 0 Å². The number of hydrogen-bond acceptors (Lipinski definition) is 2. The third-order valence-corrected chi connectivity index (χ3v) is 3.50. The average Bonchev–Trinajstić information content (AvgIpc) is 2.66. The second-order valence-corrected chi connectivity index (χ2v) is 5.05. The predicted molar refractivity (Wildman–Crippen MR) is 68.6 cm³/mol. The highest BCUT2D eigenvalue weighted by Crippen LogP contribution is 2.26.